The first kappa shape index (κ1) is 17.0. The molecule has 1 unspecified atom stereocenters. The van der Waals surface area contributed by atoms with E-state index in [1.165, 1.54) is 18.4 Å². The van der Waals surface area contributed by atoms with Crippen LogP contribution in [-0.4, -0.2) is 38.2 Å². The maximum atomic E-state index is 5.69. The van der Waals surface area contributed by atoms with Crippen molar-refractivity contribution in [1.29, 1.82) is 0 Å². The fourth-order valence-electron chi connectivity index (χ4n) is 2.25. The fourth-order valence-corrected chi connectivity index (χ4v) is 2.25. The van der Waals surface area contributed by atoms with Crippen molar-refractivity contribution in [3.8, 4) is 5.75 Å². The maximum absolute atomic E-state index is 5.69. The monoisotopic (exact) mass is 278 g/mol. The molecule has 0 bridgehead atoms. The van der Waals surface area contributed by atoms with Crippen molar-refractivity contribution in [2.75, 3.05) is 27.2 Å². The Morgan fingerprint density at radius 2 is 1.85 bits per heavy atom. The number of nitrogens with one attached hydrogen (secondary N) is 1. The van der Waals surface area contributed by atoms with Gasteiger partial charge in [-0.05, 0) is 58.6 Å². The van der Waals surface area contributed by atoms with Gasteiger partial charge in [-0.2, -0.15) is 0 Å². The van der Waals surface area contributed by atoms with Gasteiger partial charge in [0.05, 0.1) is 6.10 Å². The number of hydrogen-bond acceptors (Lipinski definition) is 3. The van der Waals surface area contributed by atoms with Gasteiger partial charge >= 0.3 is 0 Å². The predicted molar refractivity (Wildman–Crippen MR) is 86.4 cm³/mol. The predicted octanol–water partition coefficient (Wildman–Crippen LogP) is 3.47. The summed E-state index contributed by atoms with van der Waals surface area (Å²) in [4.78, 5) is 2.39. The van der Waals surface area contributed by atoms with Crippen LogP contribution in [0.1, 0.15) is 45.2 Å². The second-order valence-electron chi connectivity index (χ2n) is 5.69. The molecule has 1 aromatic carbocycles. The van der Waals surface area contributed by atoms with Crippen LogP contribution in [0, 0.1) is 0 Å². The highest BCUT2D eigenvalue weighted by molar-refractivity contribution is 5.29. The SMILES string of the molecule is CCCCN(C)CC(NC)c1ccc(OC(C)C)cc1. The molecule has 0 saturated carbocycles. The molecule has 20 heavy (non-hydrogen) atoms. The Morgan fingerprint density at radius 1 is 1.20 bits per heavy atom. The molecule has 114 valence electrons. The molecule has 3 heteroatoms. The molecule has 1 rings (SSSR count). The van der Waals surface area contributed by atoms with Gasteiger partial charge in [-0.1, -0.05) is 25.5 Å². The van der Waals surface area contributed by atoms with E-state index in [9.17, 15) is 0 Å². The van der Waals surface area contributed by atoms with E-state index in [1.54, 1.807) is 0 Å². The highest BCUT2D eigenvalue weighted by atomic mass is 16.5. The molecule has 0 saturated heterocycles. The molecule has 0 amide bonds. The standard InChI is InChI=1S/C17H30N2O/c1-6-7-12-19(5)13-17(18-4)15-8-10-16(11-9-15)20-14(2)3/h8-11,14,17-18H,6-7,12-13H2,1-5H3. The van der Waals surface area contributed by atoms with Crippen LogP contribution in [0.2, 0.25) is 0 Å². The summed E-state index contributed by atoms with van der Waals surface area (Å²) in [5, 5.41) is 3.40. The molecule has 0 aliphatic rings. The third-order valence-electron chi connectivity index (χ3n) is 3.39. The van der Waals surface area contributed by atoms with Crippen LogP contribution < -0.4 is 10.1 Å². The van der Waals surface area contributed by atoms with Gasteiger partial charge in [-0.25, -0.2) is 0 Å². The maximum Gasteiger partial charge on any atom is 0.119 e. The average Bonchev–Trinajstić information content (AvgIpc) is 2.43. The second kappa shape index (κ2) is 8.98. The first-order valence-corrected chi connectivity index (χ1v) is 7.69. The number of benzene rings is 1. The van der Waals surface area contributed by atoms with E-state index in [-0.39, 0.29) is 6.10 Å². The molecule has 3 nitrogen and oxygen atoms in total. The summed E-state index contributed by atoms with van der Waals surface area (Å²) in [5.41, 5.74) is 1.31. The van der Waals surface area contributed by atoms with Crippen molar-refractivity contribution in [3.05, 3.63) is 29.8 Å². The van der Waals surface area contributed by atoms with Gasteiger partial charge in [0.1, 0.15) is 5.75 Å². The number of nitrogens with zero attached hydrogens (tertiary/aromatic N) is 1. The van der Waals surface area contributed by atoms with Gasteiger partial charge < -0.3 is 15.0 Å². The summed E-state index contributed by atoms with van der Waals surface area (Å²) in [5.74, 6) is 0.943. The number of rotatable bonds is 9. The lowest BCUT2D eigenvalue weighted by Crippen LogP contribution is -2.31. The third-order valence-corrected chi connectivity index (χ3v) is 3.39. The van der Waals surface area contributed by atoms with Crippen molar-refractivity contribution in [2.24, 2.45) is 0 Å². The number of hydrogen-bond donors (Lipinski definition) is 1. The van der Waals surface area contributed by atoms with Crippen molar-refractivity contribution < 1.29 is 4.74 Å². The smallest absolute Gasteiger partial charge is 0.119 e. The largest absolute Gasteiger partial charge is 0.491 e. The first-order chi connectivity index (χ1) is 9.56. The summed E-state index contributed by atoms with van der Waals surface area (Å²) in [6.45, 7) is 8.51. The summed E-state index contributed by atoms with van der Waals surface area (Å²) < 4.78 is 5.69. The van der Waals surface area contributed by atoms with E-state index in [0.717, 1.165) is 18.8 Å². The quantitative estimate of drug-likeness (QED) is 0.748. The number of ether oxygens (including phenoxy) is 1. The zero-order valence-corrected chi connectivity index (χ0v) is 13.6. The normalized spacial score (nSPS) is 12.9. The Balaban J connectivity index is 2.60. The van der Waals surface area contributed by atoms with Gasteiger partial charge in [-0.15, -0.1) is 0 Å². The van der Waals surface area contributed by atoms with E-state index >= 15 is 0 Å². The molecule has 0 spiro atoms. The molecule has 0 heterocycles. The number of unbranched alkanes of at least 4 members (excludes halogenated alkanes) is 1. The lowest BCUT2D eigenvalue weighted by atomic mass is 10.1. The topological polar surface area (TPSA) is 24.5 Å². The molecule has 0 aliphatic carbocycles. The molecular formula is C17H30N2O. The van der Waals surface area contributed by atoms with E-state index in [2.05, 4.69) is 48.5 Å². The van der Waals surface area contributed by atoms with Gasteiger partial charge in [0.15, 0.2) is 0 Å². The van der Waals surface area contributed by atoms with Gasteiger partial charge in [0.2, 0.25) is 0 Å². The second-order valence-corrected chi connectivity index (χ2v) is 5.69. The van der Waals surface area contributed by atoms with Crippen LogP contribution in [0.15, 0.2) is 24.3 Å². The van der Waals surface area contributed by atoms with Crippen molar-refractivity contribution in [2.45, 2.75) is 45.8 Å². The van der Waals surface area contributed by atoms with Gasteiger partial charge in [0, 0.05) is 12.6 Å². The highest BCUT2D eigenvalue weighted by Gasteiger charge is 2.12. The molecule has 0 fully saturated rings. The van der Waals surface area contributed by atoms with Crippen molar-refractivity contribution in [3.63, 3.8) is 0 Å². The lowest BCUT2D eigenvalue weighted by Gasteiger charge is -2.24. The van der Waals surface area contributed by atoms with E-state index in [4.69, 9.17) is 4.74 Å². The zero-order valence-electron chi connectivity index (χ0n) is 13.6. The van der Waals surface area contributed by atoms with Crippen LogP contribution in [-0.2, 0) is 0 Å². The third kappa shape index (κ3) is 5.93. The summed E-state index contributed by atoms with van der Waals surface area (Å²) >= 11 is 0. The minimum absolute atomic E-state index is 0.223. The van der Waals surface area contributed by atoms with Crippen LogP contribution in [0.4, 0.5) is 0 Å². The Kier molecular flexibility index (Phi) is 7.63. The zero-order chi connectivity index (χ0) is 15.0. The van der Waals surface area contributed by atoms with Crippen LogP contribution >= 0.6 is 0 Å². The van der Waals surface area contributed by atoms with Crippen molar-refractivity contribution in [1.82, 2.24) is 10.2 Å². The lowest BCUT2D eigenvalue weighted by molar-refractivity contribution is 0.242. The molecular weight excluding hydrogens is 248 g/mol. The Hall–Kier alpha value is -1.06. The Bertz CT molecular complexity index is 362. The summed E-state index contributed by atoms with van der Waals surface area (Å²) in [7, 11) is 4.22. The average molecular weight is 278 g/mol. The van der Waals surface area contributed by atoms with E-state index < -0.39 is 0 Å². The van der Waals surface area contributed by atoms with E-state index in [0.29, 0.717) is 6.04 Å². The fraction of sp³-hybridized carbons (Fsp3) is 0.647. The molecule has 0 aromatic heterocycles. The minimum Gasteiger partial charge on any atom is -0.491 e. The van der Waals surface area contributed by atoms with Crippen LogP contribution in [0.5, 0.6) is 5.75 Å². The molecule has 1 atom stereocenters. The summed E-state index contributed by atoms with van der Waals surface area (Å²) in [6, 6.07) is 8.81. The number of likely N-dealkylation sites (N-methyl/N-ethyl adjacent to an activating group) is 2. The van der Waals surface area contributed by atoms with Gasteiger partial charge in [-0.3, -0.25) is 0 Å². The Labute approximate surface area is 124 Å². The van der Waals surface area contributed by atoms with Crippen LogP contribution in [0.3, 0.4) is 0 Å². The Morgan fingerprint density at radius 3 is 2.35 bits per heavy atom. The highest BCUT2D eigenvalue weighted by Crippen LogP contribution is 2.19. The van der Waals surface area contributed by atoms with Gasteiger partial charge in [0.25, 0.3) is 0 Å². The first-order valence-electron chi connectivity index (χ1n) is 7.69. The summed E-state index contributed by atoms with van der Waals surface area (Å²) in [6.07, 6.45) is 2.73. The van der Waals surface area contributed by atoms with Crippen molar-refractivity contribution >= 4 is 0 Å². The molecule has 1 N–H and O–H groups in total. The van der Waals surface area contributed by atoms with E-state index in [1.807, 2.05) is 20.9 Å². The molecule has 1 aromatic rings. The van der Waals surface area contributed by atoms with Crippen LogP contribution in [0.25, 0.3) is 0 Å². The minimum atomic E-state index is 0.223. The molecule has 0 aliphatic heterocycles. The molecule has 0 radical (unpaired) electrons.